The van der Waals surface area contributed by atoms with E-state index >= 15 is 0 Å². The largest absolute Gasteiger partial charge is 0.479 e. The fourth-order valence-electron chi connectivity index (χ4n) is 2.70. The molecular formula is C15H20N2O5S. The quantitative estimate of drug-likeness (QED) is 0.816. The van der Waals surface area contributed by atoms with E-state index < -0.39 is 27.9 Å². The molecular weight excluding hydrogens is 320 g/mol. The van der Waals surface area contributed by atoms with Gasteiger partial charge in [-0.05, 0) is 25.8 Å². The summed E-state index contributed by atoms with van der Waals surface area (Å²) in [5.74, 6) is -1.78. The Morgan fingerprint density at radius 2 is 1.87 bits per heavy atom. The molecule has 0 bridgehead atoms. The van der Waals surface area contributed by atoms with Crippen LogP contribution in [0.4, 0.5) is 0 Å². The smallest absolute Gasteiger partial charge is 0.330 e. The molecule has 126 valence electrons. The average molecular weight is 340 g/mol. The van der Waals surface area contributed by atoms with E-state index in [1.54, 1.807) is 12.1 Å². The zero-order valence-corrected chi connectivity index (χ0v) is 13.9. The summed E-state index contributed by atoms with van der Waals surface area (Å²) in [5.41, 5.74) is 2.25. The molecule has 1 atom stereocenters. The van der Waals surface area contributed by atoms with E-state index in [0.29, 0.717) is 12.0 Å². The van der Waals surface area contributed by atoms with Crippen LogP contribution in [0.15, 0.2) is 18.2 Å². The molecule has 23 heavy (non-hydrogen) atoms. The summed E-state index contributed by atoms with van der Waals surface area (Å²) in [6.45, 7) is 3.62. The Kier molecular flexibility index (Phi) is 5.06. The zero-order valence-electron chi connectivity index (χ0n) is 13.1. The Bertz CT molecular complexity index is 709. The van der Waals surface area contributed by atoms with Gasteiger partial charge in [0, 0.05) is 6.54 Å². The average Bonchev–Trinajstić information content (AvgIpc) is 2.73. The summed E-state index contributed by atoms with van der Waals surface area (Å²) >= 11 is 0. The predicted octanol–water partition coefficient (Wildman–Crippen LogP) is 0.581. The van der Waals surface area contributed by atoms with Crippen molar-refractivity contribution in [1.29, 1.82) is 0 Å². The first-order valence-corrected chi connectivity index (χ1v) is 8.88. The van der Waals surface area contributed by atoms with Crippen LogP contribution in [0.5, 0.6) is 0 Å². The van der Waals surface area contributed by atoms with Crippen molar-refractivity contribution in [3.63, 3.8) is 0 Å². The van der Waals surface area contributed by atoms with E-state index in [1.807, 2.05) is 19.9 Å². The van der Waals surface area contributed by atoms with Gasteiger partial charge in [0.1, 0.15) is 0 Å². The van der Waals surface area contributed by atoms with Crippen LogP contribution < -0.4 is 5.32 Å². The number of nitrogens with one attached hydrogen (secondary N) is 1. The minimum absolute atomic E-state index is 0.0275. The van der Waals surface area contributed by atoms with Gasteiger partial charge in [-0.2, -0.15) is 4.31 Å². The van der Waals surface area contributed by atoms with E-state index in [2.05, 4.69) is 5.32 Å². The molecule has 1 aromatic rings. The van der Waals surface area contributed by atoms with Gasteiger partial charge in [0.05, 0.1) is 12.3 Å². The van der Waals surface area contributed by atoms with Crippen molar-refractivity contribution in [1.82, 2.24) is 9.62 Å². The highest BCUT2D eigenvalue weighted by molar-refractivity contribution is 7.89. The van der Waals surface area contributed by atoms with Crippen LogP contribution in [0.1, 0.15) is 29.2 Å². The lowest BCUT2D eigenvalue weighted by molar-refractivity contribution is -0.142. The number of sulfonamides is 1. The van der Waals surface area contributed by atoms with Crippen LogP contribution in [0.25, 0.3) is 0 Å². The lowest BCUT2D eigenvalue weighted by Crippen LogP contribution is -2.41. The molecule has 1 aliphatic rings. The van der Waals surface area contributed by atoms with Gasteiger partial charge in [0.2, 0.25) is 15.9 Å². The number of carbonyl (C=O) groups is 2. The number of benzene rings is 1. The number of carboxylic acids is 1. The predicted molar refractivity (Wildman–Crippen MR) is 84.4 cm³/mol. The summed E-state index contributed by atoms with van der Waals surface area (Å²) in [7, 11) is -3.39. The topological polar surface area (TPSA) is 104 Å². The van der Waals surface area contributed by atoms with Crippen molar-refractivity contribution in [3.05, 3.63) is 34.9 Å². The number of aryl methyl sites for hydroxylation is 2. The second-order valence-corrected chi connectivity index (χ2v) is 7.85. The molecule has 1 saturated heterocycles. The molecule has 0 saturated carbocycles. The van der Waals surface area contributed by atoms with Crippen molar-refractivity contribution < 1.29 is 23.1 Å². The SMILES string of the molecule is Cc1cc(C)cc(C(NC(=O)CN2CCCS2(=O)=O)C(=O)O)c1. The van der Waals surface area contributed by atoms with E-state index in [-0.39, 0.29) is 18.8 Å². The van der Waals surface area contributed by atoms with Crippen molar-refractivity contribution >= 4 is 21.9 Å². The maximum atomic E-state index is 12.1. The summed E-state index contributed by atoms with van der Waals surface area (Å²) in [6, 6.07) is 4.09. The molecule has 1 aliphatic heterocycles. The van der Waals surface area contributed by atoms with E-state index in [1.165, 1.54) is 0 Å². The summed E-state index contributed by atoms with van der Waals surface area (Å²) < 4.78 is 24.5. The molecule has 0 spiro atoms. The number of carbonyl (C=O) groups excluding carboxylic acids is 1. The monoisotopic (exact) mass is 340 g/mol. The van der Waals surface area contributed by atoms with Gasteiger partial charge < -0.3 is 10.4 Å². The maximum absolute atomic E-state index is 12.1. The summed E-state index contributed by atoms with van der Waals surface area (Å²) in [5, 5.41) is 11.8. The van der Waals surface area contributed by atoms with Gasteiger partial charge in [-0.3, -0.25) is 4.79 Å². The molecule has 2 N–H and O–H groups in total. The fraction of sp³-hybridized carbons (Fsp3) is 0.467. The number of amides is 1. The molecule has 1 heterocycles. The molecule has 0 radical (unpaired) electrons. The molecule has 7 nitrogen and oxygen atoms in total. The van der Waals surface area contributed by atoms with Gasteiger partial charge in [-0.1, -0.05) is 29.3 Å². The van der Waals surface area contributed by atoms with Crippen LogP contribution in [-0.4, -0.2) is 48.5 Å². The van der Waals surface area contributed by atoms with Gasteiger partial charge in [-0.25, -0.2) is 13.2 Å². The van der Waals surface area contributed by atoms with E-state index in [0.717, 1.165) is 15.4 Å². The minimum Gasteiger partial charge on any atom is -0.479 e. The number of nitrogens with zero attached hydrogens (tertiary/aromatic N) is 1. The van der Waals surface area contributed by atoms with Gasteiger partial charge in [0.25, 0.3) is 0 Å². The van der Waals surface area contributed by atoms with Crippen LogP contribution in [-0.2, 0) is 19.6 Å². The highest BCUT2D eigenvalue weighted by Crippen LogP contribution is 2.18. The van der Waals surface area contributed by atoms with E-state index in [4.69, 9.17) is 0 Å². The Balaban J connectivity index is 2.13. The maximum Gasteiger partial charge on any atom is 0.330 e. The Hall–Kier alpha value is -1.93. The van der Waals surface area contributed by atoms with Crippen molar-refractivity contribution in [2.75, 3.05) is 18.8 Å². The van der Waals surface area contributed by atoms with Crippen LogP contribution in [0.3, 0.4) is 0 Å². The Labute approximate surface area is 135 Å². The molecule has 2 rings (SSSR count). The second kappa shape index (κ2) is 6.67. The van der Waals surface area contributed by atoms with Gasteiger partial charge >= 0.3 is 5.97 Å². The van der Waals surface area contributed by atoms with Gasteiger partial charge in [-0.15, -0.1) is 0 Å². The molecule has 0 aromatic heterocycles. The minimum atomic E-state index is -3.39. The number of carboxylic acid groups (broad SMARTS) is 1. The second-order valence-electron chi connectivity index (χ2n) is 5.76. The van der Waals surface area contributed by atoms with Crippen LogP contribution >= 0.6 is 0 Å². The molecule has 1 amide bonds. The summed E-state index contributed by atoms with van der Waals surface area (Å²) in [6.07, 6.45) is 0.481. The fourth-order valence-corrected chi connectivity index (χ4v) is 4.17. The number of hydrogen-bond donors (Lipinski definition) is 2. The lowest BCUT2D eigenvalue weighted by atomic mass is 10.0. The zero-order chi connectivity index (χ0) is 17.2. The van der Waals surface area contributed by atoms with Crippen LogP contribution in [0.2, 0.25) is 0 Å². The first-order valence-electron chi connectivity index (χ1n) is 7.27. The summed E-state index contributed by atoms with van der Waals surface area (Å²) in [4.78, 5) is 23.5. The third-order valence-corrected chi connectivity index (χ3v) is 5.56. The highest BCUT2D eigenvalue weighted by Gasteiger charge is 2.31. The first kappa shape index (κ1) is 17.4. The van der Waals surface area contributed by atoms with E-state index in [9.17, 15) is 23.1 Å². The molecule has 1 aromatic carbocycles. The standard InChI is InChI=1S/C15H20N2O5S/c1-10-6-11(2)8-12(7-10)14(15(19)20)16-13(18)9-17-4-3-5-23(17,21)22/h6-8,14H,3-5,9H2,1-2H3,(H,16,18)(H,19,20). The highest BCUT2D eigenvalue weighted by atomic mass is 32.2. The number of hydrogen-bond acceptors (Lipinski definition) is 4. The molecule has 1 fully saturated rings. The van der Waals surface area contributed by atoms with Crippen molar-refractivity contribution in [2.45, 2.75) is 26.3 Å². The third-order valence-electron chi connectivity index (χ3n) is 3.65. The molecule has 1 unspecified atom stereocenters. The molecule has 0 aliphatic carbocycles. The third kappa shape index (κ3) is 4.29. The molecule has 8 heteroatoms. The number of rotatable bonds is 5. The van der Waals surface area contributed by atoms with Crippen molar-refractivity contribution in [3.8, 4) is 0 Å². The van der Waals surface area contributed by atoms with Gasteiger partial charge in [0.15, 0.2) is 6.04 Å². The Morgan fingerprint density at radius 1 is 1.26 bits per heavy atom. The first-order chi connectivity index (χ1) is 10.7. The van der Waals surface area contributed by atoms with Crippen molar-refractivity contribution in [2.24, 2.45) is 0 Å². The normalized spacial score (nSPS) is 18.5. The van der Waals surface area contributed by atoms with Crippen LogP contribution in [0, 0.1) is 13.8 Å². The Morgan fingerprint density at radius 3 is 2.35 bits per heavy atom. The lowest BCUT2D eigenvalue weighted by Gasteiger charge is -2.19. The number of aliphatic carboxylic acids is 1.